The summed E-state index contributed by atoms with van der Waals surface area (Å²) in [6.45, 7) is 4.05. The SMILES string of the molecule is CC1(C)CN(c2c(F)cccc2C(=O)O)CC(CO)O1. The molecule has 0 amide bonds. The number of ether oxygens (including phenoxy) is 1. The Balaban J connectivity index is 2.42. The minimum Gasteiger partial charge on any atom is -0.478 e. The number of rotatable bonds is 3. The number of benzene rings is 1. The van der Waals surface area contributed by atoms with Crippen molar-refractivity contribution in [3.05, 3.63) is 29.6 Å². The highest BCUT2D eigenvalue weighted by Crippen LogP contribution is 2.30. The molecule has 1 saturated heterocycles. The first-order valence-electron chi connectivity index (χ1n) is 6.39. The number of anilines is 1. The zero-order valence-corrected chi connectivity index (χ0v) is 11.5. The van der Waals surface area contributed by atoms with E-state index in [0.29, 0.717) is 6.54 Å². The second-order valence-corrected chi connectivity index (χ2v) is 5.50. The molecular formula is C14H18FNO4. The molecule has 0 aliphatic carbocycles. The Morgan fingerprint density at radius 2 is 2.25 bits per heavy atom. The zero-order chi connectivity index (χ0) is 14.9. The van der Waals surface area contributed by atoms with E-state index in [-0.39, 0.29) is 24.4 Å². The Labute approximate surface area is 116 Å². The molecule has 5 nitrogen and oxygen atoms in total. The van der Waals surface area contributed by atoms with Gasteiger partial charge in [-0.05, 0) is 26.0 Å². The minimum absolute atomic E-state index is 0.0508. The number of nitrogens with zero attached hydrogens (tertiary/aromatic N) is 1. The third-order valence-corrected chi connectivity index (χ3v) is 3.22. The van der Waals surface area contributed by atoms with Crippen LogP contribution in [-0.4, -0.2) is 47.6 Å². The fourth-order valence-corrected chi connectivity index (χ4v) is 2.57. The zero-order valence-electron chi connectivity index (χ0n) is 11.5. The van der Waals surface area contributed by atoms with Gasteiger partial charge in [0.05, 0.1) is 29.6 Å². The molecule has 1 atom stereocenters. The highest BCUT2D eigenvalue weighted by molar-refractivity contribution is 5.94. The van der Waals surface area contributed by atoms with Crippen LogP contribution >= 0.6 is 0 Å². The van der Waals surface area contributed by atoms with Gasteiger partial charge >= 0.3 is 5.97 Å². The van der Waals surface area contributed by atoms with Crippen molar-refractivity contribution in [3.63, 3.8) is 0 Å². The second-order valence-electron chi connectivity index (χ2n) is 5.50. The van der Waals surface area contributed by atoms with Gasteiger partial charge in [-0.3, -0.25) is 0 Å². The summed E-state index contributed by atoms with van der Waals surface area (Å²) in [5, 5.41) is 18.5. The lowest BCUT2D eigenvalue weighted by Gasteiger charge is -2.43. The van der Waals surface area contributed by atoms with Crippen LogP contribution < -0.4 is 4.90 Å². The molecule has 6 heteroatoms. The fourth-order valence-electron chi connectivity index (χ4n) is 2.57. The summed E-state index contributed by atoms with van der Waals surface area (Å²) in [6.07, 6.45) is -0.472. The molecule has 0 aromatic heterocycles. The maximum absolute atomic E-state index is 14.1. The Bertz CT molecular complexity index is 518. The van der Waals surface area contributed by atoms with Gasteiger partial charge in [0.1, 0.15) is 5.82 Å². The third-order valence-electron chi connectivity index (χ3n) is 3.22. The third kappa shape index (κ3) is 2.91. The van der Waals surface area contributed by atoms with Gasteiger partial charge in [-0.25, -0.2) is 9.18 Å². The van der Waals surface area contributed by atoms with Crippen LogP contribution in [0.4, 0.5) is 10.1 Å². The maximum atomic E-state index is 14.1. The molecule has 0 saturated carbocycles. The van der Waals surface area contributed by atoms with Crippen LogP contribution in [0.15, 0.2) is 18.2 Å². The van der Waals surface area contributed by atoms with E-state index in [2.05, 4.69) is 0 Å². The summed E-state index contributed by atoms with van der Waals surface area (Å²) >= 11 is 0. The van der Waals surface area contributed by atoms with Crippen molar-refractivity contribution in [2.24, 2.45) is 0 Å². The van der Waals surface area contributed by atoms with Gasteiger partial charge < -0.3 is 19.8 Å². The number of morpholine rings is 1. The summed E-state index contributed by atoms with van der Waals surface area (Å²) in [5.41, 5.74) is -0.627. The molecule has 2 N–H and O–H groups in total. The van der Waals surface area contributed by atoms with Crippen LogP contribution in [0.1, 0.15) is 24.2 Å². The number of halogens is 1. The van der Waals surface area contributed by atoms with Crippen molar-refractivity contribution in [3.8, 4) is 0 Å². The van der Waals surface area contributed by atoms with Gasteiger partial charge in [-0.1, -0.05) is 6.07 Å². The van der Waals surface area contributed by atoms with E-state index in [9.17, 15) is 19.4 Å². The first-order valence-corrected chi connectivity index (χ1v) is 6.39. The van der Waals surface area contributed by atoms with Gasteiger partial charge in [0.25, 0.3) is 0 Å². The van der Waals surface area contributed by atoms with Crippen LogP contribution in [0.2, 0.25) is 0 Å². The first kappa shape index (κ1) is 14.7. The van der Waals surface area contributed by atoms with Gasteiger partial charge in [-0.2, -0.15) is 0 Å². The van der Waals surface area contributed by atoms with Crippen molar-refractivity contribution >= 4 is 11.7 Å². The van der Waals surface area contributed by atoms with E-state index in [0.717, 1.165) is 0 Å². The van der Waals surface area contributed by atoms with Crippen molar-refractivity contribution in [1.29, 1.82) is 0 Å². The summed E-state index contributed by atoms with van der Waals surface area (Å²) < 4.78 is 19.7. The Kier molecular flexibility index (Phi) is 3.96. The van der Waals surface area contributed by atoms with Crippen molar-refractivity contribution in [1.82, 2.24) is 0 Å². The average molecular weight is 283 g/mol. The maximum Gasteiger partial charge on any atom is 0.337 e. The lowest BCUT2D eigenvalue weighted by Crippen LogP contribution is -2.54. The van der Waals surface area contributed by atoms with Gasteiger partial charge in [-0.15, -0.1) is 0 Å². The number of aliphatic hydroxyl groups excluding tert-OH is 1. The molecule has 0 bridgehead atoms. The monoisotopic (exact) mass is 283 g/mol. The fraction of sp³-hybridized carbons (Fsp3) is 0.500. The van der Waals surface area contributed by atoms with E-state index in [1.54, 1.807) is 4.90 Å². The molecule has 20 heavy (non-hydrogen) atoms. The summed E-state index contributed by atoms with van der Waals surface area (Å²) in [5.74, 6) is -1.76. The molecule has 1 aromatic rings. The predicted octanol–water partition coefficient (Wildman–Crippen LogP) is 1.50. The smallest absolute Gasteiger partial charge is 0.337 e. The van der Waals surface area contributed by atoms with Crippen LogP contribution in [0, 0.1) is 5.82 Å². The normalized spacial score (nSPS) is 21.8. The number of carboxylic acids is 1. The summed E-state index contributed by atoms with van der Waals surface area (Å²) in [6, 6.07) is 3.98. The Hall–Kier alpha value is -1.66. The Morgan fingerprint density at radius 3 is 2.85 bits per heavy atom. The average Bonchev–Trinajstić information content (AvgIpc) is 2.36. The first-order chi connectivity index (χ1) is 9.34. The minimum atomic E-state index is -1.18. The molecule has 1 aromatic carbocycles. The molecule has 1 aliphatic heterocycles. The highest BCUT2D eigenvalue weighted by atomic mass is 19.1. The molecule has 1 aliphatic rings. The number of hydrogen-bond donors (Lipinski definition) is 2. The van der Waals surface area contributed by atoms with E-state index in [4.69, 9.17) is 4.74 Å². The lowest BCUT2D eigenvalue weighted by atomic mass is 10.0. The molecular weight excluding hydrogens is 265 g/mol. The standard InChI is InChI=1S/C14H18FNO4/c1-14(2)8-16(6-9(7-17)20-14)12-10(13(18)19)4-3-5-11(12)15/h3-5,9,17H,6-8H2,1-2H3,(H,18,19). The predicted molar refractivity (Wildman–Crippen MR) is 71.6 cm³/mol. The van der Waals surface area contributed by atoms with Crippen molar-refractivity contribution in [2.75, 3.05) is 24.6 Å². The van der Waals surface area contributed by atoms with Crippen LogP contribution in [0.3, 0.4) is 0 Å². The number of para-hydroxylation sites is 1. The molecule has 2 rings (SSSR count). The van der Waals surface area contributed by atoms with Crippen LogP contribution in [0.25, 0.3) is 0 Å². The molecule has 0 spiro atoms. The number of aliphatic hydroxyl groups is 1. The molecule has 1 fully saturated rings. The molecule has 0 radical (unpaired) electrons. The van der Waals surface area contributed by atoms with Crippen LogP contribution in [0.5, 0.6) is 0 Å². The number of carbonyl (C=O) groups is 1. The van der Waals surface area contributed by atoms with E-state index >= 15 is 0 Å². The highest BCUT2D eigenvalue weighted by Gasteiger charge is 2.35. The van der Waals surface area contributed by atoms with Gasteiger partial charge in [0, 0.05) is 13.1 Å². The summed E-state index contributed by atoms with van der Waals surface area (Å²) in [4.78, 5) is 12.9. The second kappa shape index (κ2) is 5.38. The van der Waals surface area contributed by atoms with Gasteiger partial charge in [0.2, 0.25) is 0 Å². The van der Waals surface area contributed by atoms with Crippen LogP contribution in [-0.2, 0) is 4.74 Å². The van der Waals surface area contributed by atoms with E-state index in [1.165, 1.54) is 18.2 Å². The molecule has 110 valence electrons. The number of carboxylic acid groups (broad SMARTS) is 1. The topological polar surface area (TPSA) is 70.0 Å². The quantitative estimate of drug-likeness (QED) is 0.879. The van der Waals surface area contributed by atoms with Crippen molar-refractivity contribution in [2.45, 2.75) is 25.6 Å². The lowest BCUT2D eigenvalue weighted by molar-refractivity contribution is -0.101. The molecule has 1 unspecified atom stereocenters. The Morgan fingerprint density at radius 1 is 1.55 bits per heavy atom. The van der Waals surface area contributed by atoms with Gasteiger partial charge in [0.15, 0.2) is 0 Å². The number of aromatic carboxylic acids is 1. The number of hydrogen-bond acceptors (Lipinski definition) is 4. The summed E-state index contributed by atoms with van der Waals surface area (Å²) in [7, 11) is 0. The van der Waals surface area contributed by atoms with E-state index in [1.807, 2.05) is 13.8 Å². The molecule has 1 heterocycles. The van der Waals surface area contributed by atoms with E-state index < -0.39 is 23.5 Å². The largest absolute Gasteiger partial charge is 0.478 e. The van der Waals surface area contributed by atoms with Crippen molar-refractivity contribution < 1.29 is 24.1 Å².